The Bertz CT molecular complexity index is 670. The first-order valence-corrected chi connectivity index (χ1v) is 7.78. The SMILES string of the molecule is CCOc1ccccc1OCCn1c(C)ncc(I)c1=O. The summed E-state index contributed by atoms with van der Waals surface area (Å²) < 4.78 is 13.4. The van der Waals surface area contributed by atoms with Gasteiger partial charge in [-0.05, 0) is 48.6 Å². The molecule has 0 fully saturated rings. The van der Waals surface area contributed by atoms with Gasteiger partial charge in [-0.2, -0.15) is 0 Å². The molecule has 2 rings (SSSR count). The molecule has 5 nitrogen and oxygen atoms in total. The molecule has 0 bridgehead atoms. The molecule has 0 aliphatic heterocycles. The zero-order valence-corrected chi connectivity index (χ0v) is 14.2. The number of para-hydroxylation sites is 2. The molecule has 21 heavy (non-hydrogen) atoms. The van der Waals surface area contributed by atoms with Crippen molar-refractivity contribution in [3.05, 3.63) is 50.2 Å². The molecule has 0 radical (unpaired) electrons. The number of hydrogen-bond acceptors (Lipinski definition) is 4. The predicted molar refractivity (Wildman–Crippen MR) is 89.1 cm³/mol. The number of nitrogens with zero attached hydrogens (tertiary/aromatic N) is 2. The van der Waals surface area contributed by atoms with Gasteiger partial charge in [0.15, 0.2) is 11.5 Å². The molecule has 0 amide bonds. The molecule has 0 aliphatic carbocycles. The van der Waals surface area contributed by atoms with E-state index in [2.05, 4.69) is 4.98 Å². The van der Waals surface area contributed by atoms with Crippen molar-refractivity contribution in [3.8, 4) is 11.5 Å². The van der Waals surface area contributed by atoms with Gasteiger partial charge < -0.3 is 9.47 Å². The number of hydrogen-bond donors (Lipinski definition) is 0. The number of ether oxygens (including phenoxy) is 2. The monoisotopic (exact) mass is 400 g/mol. The minimum atomic E-state index is -0.0372. The van der Waals surface area contributed by atoms with Crippen LogP contribution in [0.15, 0.2) is 35.3 Å². The van der Waals surface area contributed by atoms with Crippen LogP contribution < -0.4 is 15.0 Å². The molecule has 6 heteroatoms. The molecule has 112 valence electrons. The zero-order chi connectivity index (χ0) is 15.2. The molecule has 0 aliphatic rings. The van der Waals surface area contributed by atoms with E-state index in [4.69, 9.17) is 9.47 Å². The molecule has 0 atom stereocenters. The van der Waals surface area contributed by atoms with E-state index in [1.807, 2.05) is 60.7 Å². The Morgan fingerprint density at radius 2 is 1.90 bits per heavy atom. The maximum absolute atomic E-state index is 12.0. The van der Waals surface area contributed by atoms with Crippen molar-refractivity contribution in [2.45, 2.75) is 20.4 Å². The van der Waals surface area contributed by atoms with Crippen LogP contribution in [0, 0.1) is 10.5 Å². The van der Waals surface area contributed by atoms with Crippen molar-refractivity contribution in [1.82, 2.24) is 9.55 Å². The Morgan fingerprint density at radius 3 is 2.57 bits per heavy atom. The zero-order valence-electron chi connectivity index (χ0n) is 12.0. The molecule has 0 unspecified atom stereocenters. The summed E-state index contributed by atoms with van der Waals surface area (Å²) in [5, 5.41) is 0. The average Bonchev–Trinajstić information content (AvgIpc) is 2.49. The van der Waals surface area contributed by atoms with Crippen LogP contribution in [0.2, 0.25) is 0 Å². The van der Waals surface area contributed by atoms with Gasteiger partial charge in [0, 0.05) is 6.20 Å². The van der Waals surface area contributed by atoms with Gasteiger partial charge in [0.1, 0.15) is 12.4 Å². The van der Waals surface area contributed by atoms with Crippen LogP contribution in [0.5, 0.6) is 11.5 Å². The molecule has 2 aromatic rings. The maximum Gasteiger partial charge on any atom is 0.267 e. The third kappa shape index (κ3) is 3.96. The van der Waals surface area contributed by atoms with Crippen molar-refractivity contribution in [2.75, 3.05) is 13.2 Å². The first-order valence-electron chi connectivity index (χ1n) is 6.70. The van der Waals surface area contributed by atoms with Gasteiger partial charge >= 0.3 is 0 Å². The molecule has 1 heterocycles. The lowest BCUT2D eigenvalue weighted by Gasteiger charge is -2.13. The molecule has 1 aromatic carbocycles. The average molecular weight is 400 g/mol. The Balaban J connectivity index is 2.06. The number of aryl methyl sites for hydroxylation is 1. The van der Waals surface area contributed by atoms with E-state index in [1.54, 1.807) is 10.8 Å². The van der Waals surface area contributed by atoms with Crippen molar-refractivity contribution in [3.63, 3.8) is 0 Å². The van der Waals surface area contributed by atoms with Gasteiger partial charge in [0.05, 0.1) is 16.7 Å². The van der Waals surface area contributed by atoms with Crippen LogP contribution in [0.25, 0.3) is 0 Å². The lowest BCUT2D eigenvalue weighted by molar-refractivity contribution is 0.264. The Kier molecular flexibility index (Phi) is 5.60. The van der Waals surface area contributed by atoms with E-state index in [-0.39, 0.29) is 5.56 Å². The lowest BCUT2D eigenvalue weighted by Crippen LogP contribution is -2.28. The number of aromatic nitrogens is 2. The topological polar surface area (TPSA) is 53.4 Å². The van der Waals surface area contributed by atoms with Gasteiger partial charge in [-0.3, -0.25) is 9.36 Å². The Labute approximate surface area is 137 Å². The van der Waals surface area contributed by atoms with Crippen molar-refractivity contribution >= 4 is 22.6 Å². The Morgan fingerprint density at radius 1 is 1.24 bits per heavy atom. The molecular formula is C15H17IN2O3. The highest BCUT2D eigenvalue weighted by molar-refractivity contribution is 14.1. The molecule has 1 aromatic heterocycles. The van der Waals surface area contributed by atoms with Gasteiger partial charge in [-0.15, -0.1) is 0 Å². The van der Waals surface area contributed by atoms with Crippen LogP contribution in [-0.4, -0.2) is 22.8 Å². The first kappa shape index (κ1) is 15.8. The van der Waals surface area contributed by atoms with Crippen molar-refractivity contribution < 1.29 is 9.47 Å². The fraction of sp³-hybridized carbons (Fsp3) is 0.333. The van der Waals surface area contributed by atoms with Gasteiger partial charge in [0.2, 0.25) is 0 Å². The van der Waals surface area contributed by atoms with Gasteiger partial charge in [-0.1, -0.05) is 12.1 Å². The van der Waals surface area contributed by atoms with E-state index in [0.29, 0.717) is 40.7 Å². The number of halogens is 1. The highest BCUT2D eigenvalue weighted by Gasteiger charge is 2.07. The third-order valence-electron chi connectivity index (χ3n) is 2.93. The van der Waals surface area contributed by atoms with Crippen LogP contribution in [0.4, 0.5) is 0 Å². The second-order valence-electron chi connectivity index (χ2n) is 4.34. The minimum absolute atomic E-state index is 0.0372. The summed E-state index contributed by atoms with van der Waals surface area (Å²) in [6.45, 7) is 5.16. The molecule has 0 saturated heterocycles. The van der Waals surface area contributed by atoms with Crippen molar-refractivity contribution in [1.29, 1.82) is 0 Å². The van der Waals surface area contributed by atoms with Crippen LogP contribution in [0.1, 0.15) is 12.7 Å². The van der Waals surface area contributed by atoms with Crippen LogP contribution >= 0.6 is 22.6 Å². The molecule has 0 spiro atoms. The molecular weight excluding hydrogens is 383 g/mol. The number of rotatable bonds is 6. The summed E-state index contributed by atoms with van der Waals surface area (Å²) in [5.41, 5.74) is -0.0372. The van der Waals surface area contributed by atoms with Gasteiger partial charge in [-0.25, -0.2) is 4.98 Å². The smallest absolute Gasteiger partial charge is 0.267 e. The summed E-state index contributed by atoms with van der Waals surface area (Å²) in [4.78, 5) is 16.2. The van der Waals surface area contributed by atoms with Crippen LogP contribution in [-0.2, 0) is 6.54 Å². The van der Waals surface area contributed by atoms with Gasteiger partial charge in [0.25, 0.3) is 5.56 Å². The number of benzene rings is 1. The van der Waals surface area contributed by atoms with E-state index in [0.717, 1.165) is 0 Å². The summed E-state index contributed by atoms with van der Waals surface area (Å²) >= 11 is 1.99. The summed E-state index contributed by atoms with van der Waals surface area (Å²) in [7, 11) is 0. The highest BCUT2D eigenvalue weighted by Crippen LogP contribution is 2.26. The minimum Gasteiger partial charge on any atom is -0.490 e. The summed E-state index contributed by atoms with van der Waals surface area (Å²) in [5.74, 6) is 2.08. The van der Waals surface area contributed by atoms with E-state index in [1.165, 1.54) is 0 Å². The fourth-order valence-electron chi connectivity index (χ4n) is 1.91. The largest absolute Gasteiger partial charge is 0.490 e. The molecule has 0 N–H and O–H groups in total. The second-order valence-corrected chi connectivity index (χ2v) is 5.50. The standard InChI is InChI=1S/C15H17IN2O3/c1-3-20-13-6-4-5-7-14(13)21-9-8-18-11(2)17-10-12(16)15(18)19/h4-7,10H,3,8-9H2,1-2H3. The van der Waals surface area contributed by atoms with E-state index >= 15 is 0 Å². The second kappa shape index (κ2) is 7.44. The predicted octanol–water partition coefficient (Wildman–Crippen LogP) is 2.63. The lowest BCUT2D eigenvalue weighted by atomic mass is 10.3. The molecule has 0 saturated carbocycles. The summed E-state index contributed by atoms with van der Waals surface area (Å²) in [6.07, 6.45) is 1.58. The fourth-order valence-corrected chi connectivity index (χ4v) is 2.34. The quantitative estimate of drug-likeness (QED) is 0.700. The first-order chi connectivity index (χ1) is 10.1. The van der Waals surface area contributed by atoms with Crippen molar-refractivity contribution in [2.24, 2.45) is 0 Å². The third-order valence-corrected chi connectivity index (χ3v) is 3.67. The van der Waals surface area contributed by atoms with Crippen LogP contribution in [0.3, 0.4) is 0 Å². The highest BCUT2D eigenvalue weighted by atomic mass is 127. The normalized spacial score (nSPS) is 10.4. The summed E-state index contributed by atoms with van der Waals surface area (Å²) in [6, 6.07) is 7.51. The Hall–Kier alpha value is -1.57. The van der Waals surface area contributed by atoms with E-state index < -0.39 is 0 Å². The van der Waals surface area contributed by atoms with E-state index in [9.17, 15) is 4.79 Å². The maximum atomic E-state index is 12.0.